The minimum atomic E-state index is -1.05. The highest BCUT2D eigenvalue weighted by Gasteiger charge is 2.18. The molecule has 0 fully saturated rings. The van der Waals surface area contributed by atoms with E-state index in [1.54, 1.807) is 0 Å². The first-order valence-electron chi connectivity index (χ1n) is 6.24. The second-order valence-electron chi connectivity index (χ2n) is 5.66. The summed E-state index contributed by atoms with van der Waals surface area (Å²) in [6.07, 6.45) is 0.313. The molecular weight excluding hydrogens is 277 g/mol. The van der Waals surface area contributed by atoms with Crippen molar-refractivity contribution < 1.29 is 14.3 Å². The second kappa shape index (κ2) is 5.32. The molecule has 0 saturated carbocycles. The van der Waals surface area contributed by atoms with Gasteiger partial charge in [-0.05, 0) is 23.8 Å². The maximum absolute atomic E-state index is 13.7. The Hall–Kier alpha value is -1.75. The topological polar surface area (TPSA) is 50.2 Å². The lowest BCUT2D eigenvalue weighted by Crippen LogP contribution is -2.11. The van der Waals surface area contributed by atoms with Gasteiger partial charge in [0.05, 0.1) is 16.3 Å². The molecule has 20 heavy (non-hydrogen) atoms. The highest BCUT2D eigenvalue weighted by Crippen LogP contribution is 2.25. The molecule has 0 atom stereocenters. The van der Waals surface area contributed by atoms with Crippen LogP contribution >= 0.6 is 11.3 Å². The van der Waals surface area contributed by atoms with Gasteiger partial charge in [0, 0.05) is 17.2 Å². The van der Waals surface area contributed by atoms with Crippen LogP contribution in [0.1, 0.15) is 47.4 Å². The van der Waals surface area contributed by atoms with Crippen LogP contribution in [0.25, 0.3) is 0 Å². The van der Waals surface area contributed by atoms with Crippen molar-refractivity contribution in [2.45, 2.75) is 32.6 Å². The van der Waals surface area contributed by atoms with E-state index in [9.17, 15) is 9.18 Å². The van der Waals surface area contributed by atoms with Gasteiger partial charge in [0.2, 0.25) is 0 Å². The highest BCUT2D eigenvalue weighted by atomic mass is 32.1. The summed E-state index contributed by atoms with van der Waals surface area (Å²) in [6, 6.07) is 3.83. The van der Waals surface area contributed by atoms with E-state index in [0.717, 1.165) is 10.7 Å². The highest BCUT2D eigenvalue weighted by molar-refractivity contribution is 7.09. The van der Waals surface area contributed by atoms with Crippen LogP contribution in [0.15, 0.2) is 23.6 Å². The number of hydrogen-bond acceptors (Lipinski definition) is 3. The van der Waals surface area contributed by atoms with Gasteiger partial charge in [-0.15, -0.1) is 11.3 Å². The van der Waals surface area contributed by atoms with Crippen molar-refractivity contribution in [1.29, 1.82) is 0 Å². The molecule has 0 aliphatic heterocycles. The average Bonchev–Trinajstić information content (AvgIpc) is 2.80. The molecule has 0 unspecified atom stereocenters. The van der Waals surface area contributed by atoms with Crippen molar-refractivity contribution in [1.82, 2.24) is 4.98 Å². The smallest absolute Gasteiger partial charge is 0.335 e. The summed E-state index contributed by atoms with van der Waals surface area (Å²) in [4.78, 5) is 15.4. The molecule has 0 bridgehead atoms. The molecule has 0 aliphatic rings. The third-order valence-corrected chi connectivity index (χ3v) is 3.80. The lowest BCUT2D eigenvalue weighted by molar-refractivity contribution is 0.0696. The Morgan fingerprint density at radius 2 is 2.10 bits per heavy atom. The fourth-order valence-electron chi connectivity index (χ4n) is 1.74. The predicted molar refractivity (Wildman–Crippen MR) is 77.0 cm³/mol. The summed E-state index contributed by atoms with van der Waals surface area (Å²) < 4.78 is 13.7. The summed E-state index contributed by atoms with van der Waals surface area (Å²) in [6.45, 7) is 6.20. The van der Waals surface area contributed by atoms with Crippen LogP contribution in [0.5, 0.6) is 0 Å². The monoisotopic (exact) mass is 293 g/mol. The first-order valence-corrected chi connectivity index (χ1v) is 7.12. The number of rotatable bonds is 3. The normalized spacial score (nSPS) is 11.6. The number of nitrogens with zero attached hydrogens (tertiary/aromatic N) is 1. The average molecular weight is 293 g/mol. The van der Waals surface area contributed by atoms with Crippen molar-refractivity contribution >= 4 is 17.3 Å². The number of carboxylic acids is 1. The van der Waals surface area contributed by atoms with Gasteiger partial charge in [-0.2, -0.15) is 0 Å². The van der Waals surface area contributed by atoms with E-state index < -0.39 is 11.8 Å². The first-order chi connectivity index (χ1) is 9.27. The number of hydrogen-bond donors (Lipinski definition) is 1. The predicted octanol–water partition coefficient (Wildman–Crippen LogP) is 3.87. The van der Waals surface area contributed by atoms with Crippen LogP contribution in [-0.4, -0.2) is 16.1 Å². The van der Waals surface area contributed by atoms with Gasteiger partial charge in [-0.1, -0.05) is 20.8 Å². The Morgan fingerprint density at radius 3 is 2.65 bits per heavy atom. The number of aromatic carboxylic acids is 1. The zero-order valence-electron chi connectivity index (χ0n) is 11.6. The van der Waals surface area contributed by atoms with Gasteiger partial charge in [0.15, 0.2) is 0 Å². The lowest BCUT2D eigenvalue weighted by atomic mass is 9.93. The molecule has 5 heteroatoms. The molecule has 1 heterocycles. The van der Waals surface area contributed by atoms with Crippen molar-refractivity contribution in [2.75, 3.05) is 0 Å². The largest absolute Gasteiger partial charge is 0.478 e. The Balaban J connectivity index is 2.28. The second-order valence-corrected chi connectivity index (χ2v) is 6.61. The maximum atomic E-state index is 13.7. The molecule has 1 aromatic carbocycles. The van der Waals surface area contributed by atoms with E-state index in [4.69, 9.17) is 5.11 Å². The van der Waals surface area contributed by atoms with Crippen LogP contribution in [-0.2, 0) is 11.8 Å². The molecule has 106 valence electrons. The van der Waals surface area contributed by atoms with E-state index in [0.29, 0.717) is 12.0 Å². The molecule has 2 rings (SSSR count). The van der Waals surface area contributed by atoms with Crippen molar-refractivity contribution in [3.05, 3.63) is 51.2 Å². The molecule has 0 spiro atoms. The van der Waals surface area contributed by atoms with Gasteiger partial charge in [0.25, 0.3) is 0 Å². The van der Waals surface area contributed by atoms with Gasteiger partial charge in [-0.25, -0.2) is 14.2 Å². The zero-order valence-corrected chi connectivity index (χ0v) is 12.4. The minimum Gasteiger partial charge on any atom is -0.478 e. The molecule has 0 radical (unpaired) electrons. The van der Waals surface area contributed by atoms with Crippen molar-refractivity contribution in [2.24, 2.45) is 0 Å². The van der Waals surface area contributed by atoms with E-state index >= 15 is 0 Å². The van der Waals surface area contributed by atoms with Crippen LogP contribution in [0.3, 0.4) is 0 Å². The van der Waals surface area contributed by atoms with Gasteiger partial charge in [0.1, 0.15) is 5.82 Å². The standard InChI is InChI=1S/C15H16FNO2S/c1-15(2,3)12-8-20-13(17-12)7-10-6-9(14(18)19)4-5-11(10)16/h4-6,8H,7H2,1-3H3,(H,18,19). The number of aromatic nitrogens is 1. The van der Waals surface area contributed by atoms with Crippen molar-refractivity contribution in [3.8, 4) is 0 Å². The molecule has 1 aromatic heterocycles. The minimum absolute atomic E-state index is 0.0454. The van der Waals surface area contributed by atoms with Crippen LogP contribution in [0, 0.1) is 5.82 Å². The Bertz CT molecular complexity index is 644. The van der Waals surface area contributed by atoms with E-state index in [2.05, 4.69) is 25.8 Å². The number of benzene rings is 1. The SMILES string of the molecule is CC(C)(C)c1csc(Cc2cc(C(=O)O)ccc2F)n1. The van der Waals surface area contributed by atoms with Crippen molar-refractivity contribution in [3.63, 3.8) is 0 Å². The summed E-state index contributed by atoms with van der Waals surface area (Å²) in [5, 5.41) is 11.7. The van der Waals surface area contributed by atoms with Gasteiger partial charge < -0.3 is 5.11 Å². The summed E-state index contributed by atoms with van der Waals surface area (Å²) >= 11 is 1.47. The summed E-state index contributed by atoms with van der Waals surface area (Å²) in [5.41, 5.74) is 1.37. The summed E-state index contributed by atoms with van der Waals surface area (Å²) in [5.74, 6) is -1.46. The molecule has 3 nitrogen and oxygen atoms in total. The zero-order chi connectivity index (χ0) is 14.9. The molecule has 0 amide bonds. The Morgan fingerprint density at radius 1 is 1.40 bits per heavy atom. The number of carboxylic acid groups (broad SMARTS) is 1. The molecular formula is C15H16FNO2S. The molecule has 1 N–H and O–H groups in total. The van der Waals surface area contributed by atoms with Gasteiger partial charge in [-0.3, -0.25) is 0 Å². The van der Waals surface area contributed by atoms with E-state index in [1.807, 2.05) is 5.38 Å². The van der Waals surface area contributed by atoms with Crippen LogP contribution in [0.4, 0.5) is 4.39 Å². The lowest BCUT2D eigenvalue weighted by Gasteiger charge is -2.14. The number of halogens is 1. The third kappa shape index (κ3) is 3.22. The maximum Gasteiger partial charge on any atom is 0.335 e. The summed E-state index contributed by atoms with van der Waals surface area (Å²) in [7, 11) is 0. The van der Waals surface area contributed by atoms with Crippen LogP contribution < -0.4 is 0 Å². The quantitative estimate of drug-likeness (QED) is 0.934. The number of carbonyl (C=O) groups is 1. The first kappa shape index (κ1) is 14.7. The fourth-order valence-corrected chi connectivity index (χ4v) is 2.79. The van der Waals surface area contributed by atoms with E-state index in [1.165, 1.54) is 29.5 Å². The van der Waals surface area contributed by atoms with E-state index in [-0.39, 0.29) is 11.0 Å². The van der Waals surface area contributed by atoms with Crippen LogP contribution in [0.2, 0.25) is 0 Å². The third-order valence-electron chi connectivity index (χ3n) is 2.95. The Kier molecular flexibility index (Phi) is 3.90. The number of thiazole rings is 1. The molecule has 0 aliphatic carbocycles. The molecule has 2 aromatic rings. The molecule has 0 saturated heterocycles. The Labute approximate surface area is 121 Å². The van der Waals surface area contributed by atoms with Gasteiger partial charge >= 0.3 is 5.97 Å². The fraction of sp³-hybridized carbons (Fsp3) is 0.333.